The summed E-state index contributed by atoms with van der Waals surface area (Å²) < 4.78 is 40.0. The average molecular weight is 241 g/mol. The van der Waals surface area contributed by atoms with Crippen molar-refractivity contribution in [3.05, 3.63) is 0 Å². The molecule has 0 aromatic heterocycles. The van der Waals surface area contributed by atoms with Crippen LogP contribution < -0.4 is 5.32 Å². The summed E-state index contributed by atoms with van der Waals surface area (Å²) >= 11 is 0. The Bertz CT molecular complexity index is 160. The molecule has 0 radical (unpaired) electrons. The van der Waals surface area contributed by atoms with Gasteiger partial charge < -0.3 is 10.1 Å². The highest BCUT2D eigenvalue weighted by Gasteiger charge is 2.26. The molecular weight excluding hydrogens is 219 g/mol. The van der Waals surface area contributed by atoms with Gasteiger partial charge in [-0.1, -0.05) is 13.8 Å². The summed E-state index contributed by atoms with van der Waals surface area (Å²) in [6, 6.07) is 0. The zero-order chi connectivity index (χ0) is 12.4. The zero-order valence-corrected chi connectivity index (χ0v) is 10.1. The van der Waals surface area contributed by atoms with E-state index in [1.165, 1.54) is 6.42 Å². The van der Waals surface area contributed by atoms with E-state index in [1.54, 1.807) is 0 Å². The fourth-order valence-corrected chi connectivity index (χ4v) is 1.19. The van der Waals surface area contributed by atoms with Crippen LogP contribution in [-0.2, 0) is 4.74 Å². The molecular formula is C11H22F3NO. The van der Waals surface area contributed by atoms with Gasteiger partial charge >= 0.3 is 6.18 Å². The van der Waals surface area contributed by atoms with Gasteiger partial charge in [-0.05, 0) is 25.3 Å². The highest BCUT2D eigenvalue weighted by Crippen LogP contribution is 2.18. The number of ether oxygens (including phenoxy) is 1. The highest BCUT2D eigenvalue weighted by molar-refractivity contribution is 4.51. The summed E-state index contributed by atoms with van der Waals surface area (Å²) in [6.07, 6.45) is -2.70. The molecule has 0 spiro atoms. The number of rotatable bonds is 9. The van der Waals surface area contributed by atoms with Crippen LogP contribution in [0.3, 0.4) is 0 Å². The molecule has 16 heavy (non-hydrogen) atoms. The van der Waals surface area contributed by atoms with Crippen LogP contribution in [0.5, 0.6) is 0 Å². The van der Waals surface area contributed by atoms with Crippen LogP contribution in [-0.4, -0.2) is 32.5 Å². The van der Waals surface area contributed by atoms with Gasteiger partial charge in [0.1, 0.15) is 0 Å². The minimum Gasteiger partial charge on any atom is -0.380 e. The summed E-state index contributed by atoms with van der Waals surface area (Å²) in [6.45, 7) is 5.96. The van der Waals surface area contributed by atoms with E-state index < -0.39 is 12.6 Å². The van der Waals surface area contributed by atoms with Crippen molar-refractivity contribution in [3.8, 4) is 0 Å². The fraction of sp³-hybridized carbons (Fsp3) is 1.00. The van der Waals surface area contributed by atoms with Crippen LogP contribution in [0.1, 0.15) is 33.1 Å². The molecule has 0 amide bonds. The van der Waals surface area contributed by atoms with Crippen LogP contribution >= 0.6 is 0 Å². The number of hydrogen-bond acceptors (Lipinski definition) is 2. The lowest BCUT2D eigenvalue weighted by Crippen LogP contribution is -2.22. The minimum atomic E-state index is -4.11. The van der Waals surface area contributed by atoms with Crippen molar-refractivity contribution < 1.29 is 17.9 Å². The van der Waals surface area contributed by atoms with Crippen LogP contribution in [0.25, 0.3) is 0 Å². The normalized spacial score (nSPS) is 12.4. The average Bonchev–Trinajstić information content (AvgIpc) is 2.13. The first-order valence-corrected chi connectivity index (χ1v) is 5.77. The third kappa shape index (κ3) is 13.7. The molecule has 0 aliphatic heterocycles. The fourth-order valence-electron chi connectivity index (χ4n) is 1.19. The Balaban J connectivity index is 3.05. The highest BCUT2D eigenvalue weighted by atomic mass is 19.4. The lowest BCUT2D eigenvalue weighted by molar-refractivity contribution is -0.145. The standard InChI is InChI=1S/C11H22F3NO/c1-10(2)4-3-6-15-7-9-16-8-5-11(12,13)14/h10,15H,3-9H2,1-2H3. The topological polar surface area (TPSA) is 21.3 Å². The molecule has 0 rings (SSSR count). The molecule has 0 heterocycles. The second-order valence-electron chi connectivity index (χ2n) is 4.26. The van der Waals surface area contributed by atoms with E-state index in [0.29, 0.717) is 19.1 Å². The predicted octanol–water partition coefficient (Wildman–Crippen LogP) is 2.98. The first-order chi connectivity index (χ1) is 7.42. The molecule has 0 saturated heterocycles. The van der Waals surface area contributed by atoms with E-state index >= 15 is 0 Å². The van der Waals surface area contributed by atoms with Crippen LogP contribution in [0.4, 0.5) is 13.2 Å². The van der Waals surface area contributed by atoms with Gasteiger partial charge in [-0.15, -0.1) is 0 Å². The van der Waals surface area contributed by atoms with E-state index in [-0.39, 0.29) is 6.61 Å². The zero-order valence-electron chi connectivity index (χ0n) is 10.1. The largest absolute Gasteiger partial charge is 0.391 e. The molecule has 1 N–H and O–H groups in total. The second-order valence-corrected chi connectivity index (χ2v) is 4.26. The minimum absolute atomic E-state index is 0.239. The molecule has 0 aliphatic rings. The monoisotopic (exact) mass is 241 g/mol. The molecule has 0 unspecified atom stereocenters. The first-order valence-electron chi connectivity index (χ1n) is 5.77. The Kier molecular flexibility index (Phi) is 8.66. The Morgan fingerprint density at radius 1 is 1.12 bits per heavy atom. The summed E-state index contributed by atoms with van der Waals surface area (Å²) in [4.78, 5) is 0. The van der Waals surface area contributed by atoms with Gasteiger partial charge in [0.15, 0.2) is 0 Å². The Morgan fingerprint density at radius 2 is 1.81 bits per heavy atom. The second kappa shape index (κ2) is 8.82. The Hall–Kier alpha value is -0.290. The van der Waals surface area contributed by atoms with E-state index in [4.69, 9.17) is 4.74 Å². The van der Waals surface area contributed by atoms with Gasteiger partial charge in [-0.25, -0.2) is 0 Å². The van der Waals surface area contributed by atoms with Gasteiger partial charge in [0.25, 0.3) is 0 Å². The van der Waals surface area contributed by atoms with Crippen LogP contribution in [0.2, 0.25) is 0 Å². The van der Waals surface area contributed by atoms with Gasteiger partial charge in [0, 0.05) is 6.54 Å². The molecule has 5 heteroatoms. The molecule has 0 aliphatic carbocycles. The molecule has 0 aromatic rings. The van der Waals surface area contributed by atoms with Gasteiger partial charge in [0.2, 0.25) is 0 Å². The van der Waals surface area contributed by atoms with Crippen molar-refractivity contribution in [1.29, 1.82) is 0 Å². The van der Waals surface area contributed by atoms with Gasteiger partial charge in [0.05, 0.1) is 19.6 Å². The van der Waals surface area contributed by atoms with Crippen LogP contribution in [0.15, 0.2) is 0 Å². The predicted molar refractivity (Wildman–Crippen MR) is 58.4 cm³/mol. The summed E-state index contributed by atoms with van der Waals surface area (Å²) in [5.41, 5.74) is 0. The Labute approximate surface area is 95.5 Å². The van der Waals surface area contributed by atoms with E-state index in [9.17, 15) is 13.2 Å². The molecule has 0 bridgehead atoms. The lowest BCUT2D eigenvalue weighted by Gasteiger charge is -2.08. The number of alkyl halides is 3. The van der Waals surface area contributed by atoms with E-state index in [2.05, 4.69) is 19.2 Å². The summed E-state index contributed by atoms with van der Waals surface area (Å²) in [5, 5.41) is 3.13. The van der Waals surface area contributed by atoms with Crippen LogP contribution in [0, 0.1) is 5.92 Å². The maximum Gasteiger partial charge on any atom is 0.391 e. The molecule has 2 nitrogen and oxygen atoms in total. The lowest BCUT2D eigenvalue weighted by atomic mass is 10.1. The molecule has 98 valence electrons. The first kappa shape index (κ1) is 15.7. The van der Waals surface area contributed by atoms with Crippen molar-refractivity contribution in [3.63, 3.8) is 0 Å². The number of halogens is 3. The Morgan fingerprint density at radius 3 is 2.38 bits per heavy atom. The quantitative estimate of drug-likeness (QED) is 0.627. The van der Waals surface area contributed by atoms with Gasteiger partial charge in [-0.3, -0.25) is 0 Å². The third-order valence-corrected chi connectivity index (χ3v) is 2.09. The molecule has 0 fully saturated rings. The van der Waals surface area contributed by atoms with Crippen molar-refractivity contribution in [2.45, 2.75) is 39.3 Å². The summed E-state index contributed by atoms with van der Waals surface area (Å²) in [5.74, 6) is 0.699. The third-order valence-electron chi connectivity index (χ3n) is 2.09. The van der Waals surface area contributed by atoms with Crippen molar-refractivity contribution in [2.24, 2.45) is 5.92 Å². The molecule has 0 saturated carbocycles. The van der Waals surface area contributed by atoms with E-state index in [0.717, 1.165) is 13.0 Å². The number of hydrogen-bond donors (Lipinski definition) is 1. The smallest absolute Gasteiger partial charge is 0.380 e. The SMILES string of the molecule is CC(C)CCCNCCOCCC(F)(F)F. The van der Waals surface area contributed by atoms with Crippen molar-refractivity contribution in [2.75, 3.05) is 26.3 Å². The van der Waals surface area contributed by atoms with Gasteiger partial charge in [-0.2, -0.15) is 13.2 Å². The van der Waals surface area contributed by atoms with E-state index in [1.807, 2.05) is 0 Å². The molecule has 0 atom stereocenters. The van der Waals surface area contributed by atoms with Crippen molar-refractivity contribution >= 4 is 0 Å². The molecule has 0 aromatic carbocycles. The van der Waals surface area contributed by atoms with Crippen molar-refractivity contribution in [1.82, 2.24) is 5.32 Å². The number of nitrogens with one attached hydrogen (secondary N) is 1. The summed E-state index contributed by atoms with van der Waals surface area (Å²) in [7, 11) is 0. The maximum absolute atomic E-state index is 11.7. The maximum atomic E-state index is 11.7.